The Morgan fingerprint density at radius 1 is 0.781 bits per heavy atom. The number of anilines is 1. The SMILES string of the molecule is O=C1[C@H]2[C@@H]3O[C@@](c4ccccc4)(C(=O)[C@@H]4[C@H]3[C@H]3C=C[C@@H]4CC3)[C@H]2C(=O)N1c1ccccc1. The van der Waals surface area contributed by atoms with Crippen LogP contribution in [0, 0.1) is 35.5 Å². The molecule has 4 bridgehead atoms. The van der Waals surface area contributed by atoms with E-state index in [1.807, 2.05) is 48.5 Å². The summed E-state index contributed by atoms with van der Waals surface area (Å²) in [5, 5.41) is 0. The Balaban J connectivity index is 1.45. The lowest BCUT2D eigenvalue weighted by molar-refractivity contribution is -0.189. The second-order valence-corrected chi connectivity index (χ2v) is 9.79. The van der Waals surface area contributed by atoms with Crippen LogP contribution < -0.4 is 4.90 Å². The van der Waals surface area contributed by atoms with Gasteiger partial charge in [0, 0.05) is 11.8 Å². The molecule has 32 heavy (non-hydrogen) atoms. The van der Waals surface area contributed by atoms with Gasteiger partial charge in [-0.2, -0.15) is 0 Å². The van der Waals surface area contributed by atoms with Crippen LogP contribution in [0.2, 0.25) is 0 Å². The zero-order valence-corrected chi connectivity index (χ0v) is 17.5. The van der Waals surface area contributed by atoms with Gasteiger partial charge in [0.2, 0.25) is 11.8 Å². The highest BCUT2D eigenvalue weighted by atomic mass is 16.5. The van der Waals surface area contributed by atoms with E-state index in [9.17, 15) is 14.4 Å². The molecule has 0 unspecified atom stereocenters. The predicted molar refractivity (Wildman–Crippen MR) is 116 cm³/mol. The van der Waals surface area contributed by atoms with Crippen molar-refractivity contribution in [2.24, 2.45) is 35.5 Å². The maximum absolute atomic E-state index is 14.3. The van der Waals surface area contributed by atoms with E-state index in [2.05, 4.69) is 12.2 Å². The molecule has 0 spiro atoms. The van der Waals surface area contributed by atoms with E-state index in [1.165, 1.54) is 4.90 Å². The Hall–Kier alpha value is -3.05. The third-order valence-corrected chi connectivity index (χ3v) is 8.54. The normalized spacial score (nSPS) is 41.2. The highest BCUT2D eigenvalue weighted by Crippen LogP contribution is 2.64. The number of nitrogens with zero attached hydrogens (tertiary/aromatic N) is 1. The minimum Gasteiger partial charge on any atom is -0.357 e. The van der Waals surface area contributed by atoms with Crippen LogP contribution in [0.4, 0.5) is 5.69 Å². The minimum atomic E-state index is -1.39. The van der Waals surface area contributed by atoms with Crippen molar-refractivity contribution in [3.05, 3.63) is 78.4 Å². The molecule has 8 atom stereocenters. The molecule has 5 heteroatoms. The maximum Gasteiger partial charge on any atom is 0.241 e. The first-order chi connectivity index (χ1) is 15.6. The van der Waals surface area contributed by atoms with Gasteiger partial charge in [-0.25, -0.2) is 4.90 Å². The number of carbonyl (C=O) groups excluding carboxylic acids is 3. The molecule has 0 N–H and O–H groups in total. The number of Topliss-reactive ketones (excluding diaryl/α,β-unsaturated/α-hetero) is 1. The molecule has 5 nitrogen and oxygen atoms in total. The Morgan fingerprint density at radius 3 is 2.12 bits per heavy atom. The number of carbonyl (C=O) groups is 3. The van der Waals surface area contributed by atoms with Crippen LogP contribution in [0.1, 0.15) is 18.4 Å². The van der Waals surface area contributed by atoms with E-state index in [0.29, 0.717) is 11.3 Å². The molecule has 3 aliphatic carbocycles. The van der Waals surface area contributed by atoms with Gasteiger partial charge in [0.15, 0.2) is 11.4 Å². The molecule has 8 rings (SSSR count). The molecular weight excluding hydrogens is 402 g/mol. The van der Waals surface area contributed by atoms with Gasteiger partial charge in [-0.1, -0.05) is 60.7 Å². The summed E-state index contributed by atoms with van der Waals surface area (Å²) in [6.07, 6.45) is 5.97. The third kappa shape index (κ3) is 2.06. The van der Waals surface area contributed by atoms with Crippen LogP contribution in [-0.4, -0.2) is 23.7 Å². The predicted octanol–water partition coefficient (Wildman–Crippen LogP) is 3.50. The summed E-state index contributed by atoms with van der Waals surface area (Å²) >= 11 is 0. The summed E-state index contributed by atoms with van der Waals surface area (Å²) in [4.78, 5) is 43.3. The molecule has 4 fully saturated rings. The van der Waals surface area contributed by atoms with Crippen molar-refractivity contribution in [1.82, 2.24) is 0 Å². The summed E-state index contributed by atoms with van der Waals surface area (Å²) < 4.78 is 6.65. The van der Waals surface area contributed by atoms with E-state index in [0.717, 1.165) is 12.8 Å². The quantitative estimate of drug-likeness (QED) is 0.546. The van der Waals surface area contributed by atoms with Gasteiger partial charge < -0.3 is 4.74 Å². The van der Waals surface area contributed by atoms with Gasteiger partial charge in [-0.3, -0.25) is 14.4 Å². The van der Waals surface area contributed by atoms with E-state index in [-0.39, 0.29) is 41.3 Å². The average molecular weight is 425 g/mol. The van der Waals surface area contributed by atoms with Gasteiger partial charge in [0.1, 0.15) is 0 Å². The molecule has 3 aliphatic heterocycles. The first-order valence-corrected chi connectivity index (χ1v) is 11.5. The van der Waals surface area contributed by atoms with Gasteiger partial charge in [-0.05, 0) is 42.4 Å². The van der Waals surface area contributed by atoms with Crippen LogP contribution in [0.15, 0.2) is 72.8 Å². The molecule has 2 aromatic rings. The summed E-state index contributed by atoms with van der Waals surface area (Å²) in [6.45, 7) is 0. The molecular formula is C27H23NO4. The first-order valence-electron chi connectivity index (χ1n) is 11.5. The summed E-state index contributed by atoms with van der Waals surface area (Å²) in [7, 11) is 0. The average Bonchev–Trinajstić information content (AvgIpc) is 3.31. The Morgan fingerprint density at radius 2 is 1.44 bits per heavy atom. The van der Waals surface area contributed by atoms with Gasteiger partial charge >= 0.3 is 0 Å². The van der Waals surface area contributed by atoms with Crippen molar-refractivity contribution in [2.45, 2.75) is 24.5 Å². The molecule has 2 amide bonds. The fourth-order valence-corrected chi connectivity index (χ4v) is 7.35. The second-order valence-electron chi connectivity index (χ2n) is 9.79. The molecule has 0 aromatic heterocycles. The number of ether oxygens (including phenoxy) is 1. The highest BCUT2D eigenvalue weighted by Gasteiger charge is 2.76. The van der Waals surface area contributed by atoms with Gasteiger partial charge in [0.05, 0.1) is 23.6 Å². The topological polar surface area (TPSA) is 63.7 Å². The third-order valence-electron chi connectivity index (χ3n) is 8.54. The molecule has 160 valence electrons. The Labute approximate surface area is 186 Å². The Kier molecular flexibility index (Phi) is 3.62. The van der Waals surface area contributed by atoms with Crippen molar-refractivity contribution < 1.29 is 19.1 Å². The van der Waals surface area contributed by atoms with Crippen molar-refractivity contribution in [1.29, 1.82) is 0 Å². The van der Waals surface area contributed by atoms with E-state index in [1.54, 1.807) is 12.1 Å². The standard InChI is InChI=1S/C27H23NO4/c29-24-20-16-13-11-15(12-14-16)19(20)23-21-22(27(24,32-23)17-7-3-1-4-8-17)26(31)28(25(21)30)18-9-5-2-6-10-18/h1-11,13,15-16,19-23H,12,14H2/t15-,16+,19+,20-,21+,22+,23+,27+/m0/s1. The van der Waals surface area contributed by atoms with Crippen LogP contribution in [0.3, 0.4) is 0 Å². The van der Waals surface area contributed by atoms with E-state index >= 15 is 0 Å². The van der Waals surface area contributed by atoms with Crippen LogP contribution in [-0.2, 0) is 24.7 Å². The maximum atomic E-state index is 14.3. The fraction of sp³-hybridized carbons (Fsp3) is 0.370. The van der Waals surface area contributed by atoms with Crippen molar-refractivity contribution in [2.75, 3.05) is 4.90 Å². The van der Waals surface area contributed by atoms with E-state index in [4.69, 9.17) is 4.74 Å². The molecule has 3 heterocycles. The fourth-order valence-electron chi connectivity index (χ4n) is 7.35. The lowest BCUT2D eigenvalue weighted by Crippen LogP contribution is -2.59. The van der Waals surface area contributed by atoms with Crippen LogP contribution in [0.25, 0.3) is 0 Å². The summed E-state index contributed by atoms with van der Waals surface area (Å²) in [5.74, 6) is -1.83. The van der Waals surface area contributed by atoms with Crippen molar-refractivity contribution in [3.8, 4) is 0 Å². The smallest absolute Gasteiger partial charge is 0.241 e. The zero-order chi connectivity index (χ0) is 21.6. The lowest BCUT2D eigenvalue weighted by atomic mass is 9.57. The van der Waals surface area contributed by atoms with Crippen molar-refractivity contribution >= 4 is 23.3 Å². The van der Waals surface area contributed by atoms with Gasteiger partial charge in [0.25, 0.3) is 0 Å². The summed E-state index contributed by atoms with van der Waals surface area (Å²) in [6, 6.07) is 18.4. The van der Waals surface area contributed by atoms with Crippen molar-refractivity contribution in [3.63, 3.8) is 0 Å². The molecule has 1 saturated carbocycles. The number of hydrogen-bond donors (Lipinski definition) is 0. The minimum absolute atomic E-state index is 0.00689. The molecule has 6 aliphatic rings. The number of para-hydroxylation sites is 1. The number of amides is 2. The Bertz CT molecular complexity index is 1170. The second kappa shape index (κ2) is 6.26. The van der Waals surface area contributed by atoms with E-state index < -0.39 is 23.5 Å². The monoisotopic (exact) mass is 425 g/mol. The number of hydrogen-bond acceptors (Lipinski definition) is 4. The van der Waals surface area contributed by atoms with Crippen LogP contribution in [0.5, 0.6) is 0 Å². The number of benzene rings is 2. The highest BCUT2D eigenvalue weighted by molar-refractivity contribution is 6.24. The van der Waals surface area contributed by atoms with Gasteiger partial charge in [-0.15, -0.1) is 0 Å². The number of rotatable bonds is 2. The number of fused-ring (bicyclic) bond motifs is 6. The molecule has 3 saturated heterocycles. The largest absolute Gasteiger partial charge is 0.357 e. The number of allylic oxidation sites excluding steroid dienone is 2. The number of ketones is 1. The molecule has 2 aromatic carbocycles. The number of imide groups is 1. The van der Waals surface area contributed by atoms with Crippen LogP contribution >= 0.6 is 0 Å². The zero-order valence-electron chi connectivity index (χ0n) is 17.5. The summed E-state index contributed by atoms with van der Waals surface area (Å²) in [5.41, 5.74) is -0.131. The molecule has 0 radical (unpaired) electrons. The first kappa shape index (κ1) is 18.5. The lowest BCUT2D eigenvalue weighted by Gasteiger charge is -2.52.